The molecule has 0 bridgehead atoms. The molecule has 1 aromatic heterocycles. The number of benzene rings is 1. The SMILES string of the molecule is CC1CCN(c2ccc(NC(=O)Cn3cc(C(F)(F)F)ccc3=O)cc2)CC1. The van der Waals surface area contributed by atoms with Gasteiger partial charge < -0.3 is 14.8 Å². The van der Waals surface area contributed by atoms with Crippen molar-refractivity contribution in [2.24, 2.45) is 5.92 Å². The molecule has 0 aliphatic carbocycles. The second-order valence-corrected chi connectivity index (χ2v) is 7.15. The number of piperidine rings is 1. The van der Waals surface area contributed by atoms with Crippen molar-refractivity contribution < 1.29 is 18.0 Å². The normalized spacial score (nSPS) is 15.5. The minimum Gasteiger partial charge on any atom is -0.372 e. The van der Waals surface area contributed by atoms with Crippen molar-refractivity contribution in [3.63, 3.8) is 0 Å². The number of halogens is 3. The summed E-state index contributed by atoms with van der Waals surface area (Å²) < 4.78 is 39.1. The van der Waals surface area contributed by atoms with Crippen LogP contribution in [0, 0.1) is 5.92 Å². The molecule has 0 unspecified atom stereocenters. The third kappa shape index (κ3) is 4.94. The molecule has 0 saturated carbocycles. The molecule has 1 saturated heterocycles. The molecule has 1 aliphatic heterocycles. The summed E-state index contributed by atoms with van der Waals surface area (Å²) in [6.07, 6.45) is -1.63. The number of alkyl halides is 3. The Morgan fingerprint density at radius 3 is 2.36 bits per heavy atom. The Balaban J connectivity index is 1.63. The van der Waals surface area contributed by atoms with Crippen LogP contribution in [-0.4, -0.2) is 23.6 Å². The molecule has 0 spiro atoms. The van der Waals surface area contributed by atoms with Crippen LogP contribution in [0.2, 0.25) is 0 Å². The van der Waals surface area contributed by atoms with E-state index in [9.17, 15) is 22.8 Å². The van der Waals surface area contributed by atoms with Crippen molar-refractivity contribution in [2.75, 3.05) is 23.3 Å². The Labute approximate surface area is 160 Å². The van der Waals surface area contributed by atoms with Crippen LogP contribution in [0.15, 0.2) is 47.4 Å². The molecule has 3 rings (SSSR count). The van der Waals surface area contributed by atoms with E-state index in [4.69, 9.17) is 0 Å². The van der Waals surface area contributed by atoms with Gasteiger partial charge in [-0.1, -0.05) is 6.92 Å². The highest BCUT2D eigenvalue weighted by Crippen LogP contribution is 2.28. The van der Waals surface area contributed by atoms with Crippen LogP contribution >= 0.6 is 0 Å². The smallest absolute Gasteiger partial charge is 0.372 e. The summed E-state index contributed by atoms with van der Waals surface area (Å²) in [5.41, 5.74) is -0.0453. The average molecular weight is 393 g/mol. The van der Waals surface area contributed by atoms with Crippen molar-refractivity contribution in [3.8, 4) is 0 Å². The number of carbonyl (C=O) groups excluding carboxylic acids is 1. The Morgan fingerprint density at radius 1 is 1.11 bits per heavy atom. The summed E-state index contributed by atoms with van der Waals surface area (Å²) in [6.45, 7) is 3.73. The van der Waals surface area contributed by atoms with E-state index in [1.54, 1.807) is 12.1 Å². The van der Waals surface area contributed by atoms with Gasteiger partial charge in [-0.05, 0) is 49.1 Å². The number of anilines is 2. The molecule has 0 radical (unpaired) electrons. The van der Waals surface area contributed by atoms with Crippen LogP contribution < -0.4 is 15.8 Å². The molecule has 1 aliphatic rings. The number of carbonyl (C=O) groups is 1. The monoisotopic (exact) mass is 393 g/mol. The minimum atomic E-state index is -4.58. The fraction of sp³-hybridized carbons (Fsp3) is 0.400. The van der Waals surface area contributed by atoms with E-state index >= 15 is 0 Å². The van der Waals surface area contributed by atoms with Crippen molar-refractivity contribution >= 4 is 17.3 Å². The lowest BCUT2D eigenvalue weighted by molar-refractivity contribution is -0.138. The quantitative estimate of drug-likeness (QED) is 0.861. The number of aromatic nitrogens is 1. The largest absolute Gasteiger partial charge is 0.417 e. The van der Waals surface area contributed by atoms with Gasteiger partial charge in [0.15, 0.2) is 0 Å². The van der Waals surface area contributed by atoms with Crippen LogP contribution in [-0.2, 0) is 17.5 Å². The summed E-state index contributed by atoms with van der Waals surface area (Å²) in [6, 6.07) is 8.83. The molecule has 1 amide bonds. The van der Waals surface area contributed by atoms with Gasteiger partial charge in [0.2, 0.25) is 5.91 Å². The minimum absolute atomic E-state index is 0.492. The molecule has 5 nitrogen and oxygen atoms in total. The Hall–Kier alpha value is -2.77. The van der Waals surface area contributed by atoms with Crippen molar-refractivity contribution in [3.05, 3.63) is 58.5 Å². The number of amides is 1. The van der Waals surface area contributed by atoms with E-state index in [-0.39, 0.29) is 0 Å². The first-order valence-electron chi connectivity index (χ1n) is 9.15. The Morgan fingerprint density at radius 2 is 1.75 bits per heavy atom. The molecule has 2 heterocycles. The standard InChI is InChI=1S/C20H22F3N3O2/c1-14-8-10-25(11-9-14)17-5-3-16(4-6-17)24-18(27)13-26-12-15(20(21,22)23)2-7-19(26)28/h2-7,12,14H,8-11,13H2,1H3,(H,24,27). The van der Waals surface area contributed by atoms with Crippen LogP contribution in [0.4, 0.5) is 24.5 Å². The molecule has 1 N–H and O–H groups in total. The number of pyridine rings is 1. The predicted molar refractivity (Wildman–Crippen MR) is 101 cm³/mol. The first-order valence-corrected chi connectivity index (χ1v) is 9.15. The molecule has 150 valence electrons. The summed E-state index contributed by atoms with van der Waals surface area (Å²) in [5, 5.41) is 2.61. The van der Waals surface area contributed by atoms with Crippen LogP contribution in [0.25, 0.3) is 0 Å². The molecule has 2 aromatic rings. The lowest BCUT2D eigenvalue weighted by atomic mass is 9.99. The number of hydrogen-bond acceptors (Lipinski definition) is 3. The zero-order chi connectivity index (χ0) is 20.3. The van der Waals surface area contributed by atoms with E-state index in [1.165, 1.54) is 0 Å². The summed E-state index contributed by atoms with van der Waals surface area (Å²) >= 11 is 0. The van der Waals surface area contributed by atoms with E-state index < -0.39 is 29.8 Å². The maximum atomic E-state index is 12.8. The molecule has 8 heteroatoms. The highest BCUT2D eigenvalue weighted by atomic mass is 19.4. The van der Waals surface area contributed by atoms with Crippen molar-refractivity contribution in [1.29, 1.82) is 0 Å². The van der Waals surface area contributed by atoms with Gasteiger partial charge in [0.1, 0.15) is 6.54 Å². The maximum absolute atomic E-state index is 12.8. The third-order valence-corrected chi connectivity index (χ3v) is 4.92. The van der Waals surface area contributed by atoms with Gasteiger partial charge in [-0.2, -0.15) is 13.2 Å². The van der Waals surface area contributed by atoms with Crippen molar-refractivity contribution in [1.82, 2.24) is 4.57 Å². The van der Waals surface area contributed by atoms with Gasteiger partial charge in [-0.15, -0.1) is 0 Å². The van der Waals surface area contributed by atoms with Crippen LogP contribution in [0.5, 0.6) is 0 Å². The molecule has 1 aromatic carbocycles. The van der Waals surface area contributed by atoms with E-state index in [1.807, 2.05) is 12.1 Å². The summed E-state index contributed by atoms with van der Waals surface area (Å²) in [4.78, 5) is 26.2. The highest BCUT2D eigenvalue weighted by molar-refractivity contribution is 5.90. The molecule has 28 heavy (non-hydrogen) atoms. The lowest BCUT2D eigenvalue weighted by Crippen LogP contribution is -2.32. The molecule has 1 fully saturated rings. The lowest BCUT2D eigenvalue weighted by Gasteiger charge is -2.32. The second kappa shape index (κ2) is 8.08. The first kappa shape index (κ1) is 20.0. The zero-order valence-corrected chi connectivity index (χ0v) is 15.5. The zero-order valence-electron chi connectivity index (χ0n) is 15.5. The highest BCUT2D eigenvalue weighted by Gasteiger charge is 2.31. The summed E-state index contributed by atoms with van der Waals surface area (Å²) in [5.74, 6) is 0.162. The van der Waals surface area contributed by atoms with Crippen LogP contribution in [0.1, 0.15) is 25.3 Å². The first-order chi connectivity index (χ1) is 13.2. The van der Waals surface area contributed by atoms with Gasteiger partial charge in [0.05, 0.1) is 5.56 Å². The number of nitrogens with zero attached hydrogens (tertiary/aromatic N) is 2. The fourth-order valence-electron chi connectivity index (χ4n) is 3.20. The fourth-order valence-corrected chi connectivity index (χ4v) is 3.20. The van der Waals surface area contributed by atoms with Gasteiger partial charge in [-0.25, -0.2) is 0 Å². The van der Waals surface area contributed by atoms with E-state index in [2.05, 4.69) is 17.1 Å². The average Bonchev–Trinajstić information content (AvgIpc) is 2.64. The topological polar surface area (TPSA) is 54.3 Å². The Bertz CT molecular complexity index is 883. The number of hydrogen-bond donors (Lipinski definition) is 1. The predicted octanol–water partition coefficient (Wildman–Crippen LogP) is 3.74. The van der Waals surface area contributed by atoms with Crippen molar-refractivity contribution in [2.45, 2.75) is 32.5 Å². The van der Waals surface area contributed by atoms with Crippen LogP contribution in [0.3, 0.4) is 0 Å². The van der Waals surface area contributed by atoms with Gasteiger partial charge in [-0.3, -0.25) is 9.59 Å². The molecular formula is C20H22F3N3O2. The Kier molecular flexibility index (Phi) is 5.76. The third-order valence-electron chi connectivity index (χ3n) is 4.92. The van der Waals surface area contributed by atoms with Gasteiger partial charge >= 0.3 is 6.18 Å². The van der Waals surface area contributed by atoms with Gasteiger partial charge in [0.25, 0.3) is 5.56 Å². The second-order valence-electron chi connectivity index (χ2n) is 7.15. The van der Waals surface area contributed by atoms with Gasteiger partial charge in [0, 0.05) is 36.7 Å². The molecular weight excluding hydrogens is 371 g/mol. The summed E-state index contributed by atoms with van der Waals surface area (Å²) in [7, 11) is 0. The number of rotatable bonds is 4. The molecule has 0 atom stereocenters. The van der Waals surface area contributed by atoms with E-state index in [0.29, 0.717) is 18.0 Å². The number of nitrogens with one attached hydrogen (secondary N) is 1. The maximum Gasteiger partial charge on any atom is 0.417 e. The van der Waals surface area contributed by atoms with E-state index in [0.717, 1.165) is 48.2 Å².